The zero-order chi connectivity index (χ0) is 31.7. The fourth-order valence-corrected chi connectivity index (χ4v) is 9.11. The third kappa shape index (κ3) is 5.23. The molecule has 0 spiro atoms. The summed E-state index contributed by atoms with van der Waals surface area (Å²) in [7, 11) is 1.48. The van der Waals surface area contributed by atoms with Crippen LogP contribution in [-0.2, 0) is 27.5 Å². The Labute approximate surface area is 269 Å². The van der Waals surface area contributed by atoms with Crippen molar-refractivity contribution in [3.63, 3.8) is 0 Å². The van der Waals surface area contributed by atoms with Crippen molar-refractivity contribution in [2.45, 2.75) is 57.6 Å². The van der Waals surface area contributed by atoms with Gasteiger partial charge in [-0.25, -0.2) is 4.98 Å². The third-order valence-electron chi connectivity index (χ3n) is 9.23. The summed E-state index contributed by atoms with van der Waals surface area (Å²) < 4.78 is 17.7. The van der Waals surface area contributed by atoms with E-state index in [1.165, 1.54) is 7.11 Å². The standard InChI is InChI=1S/C34H34N4O6P2/c1-16(35-33(41)42-3)31(40)46-34-13-23(34)5-7-24(38-34)20-9-22-15-43-27-11-19(8-21-14-44-28(12-20)30(22)29(21)27)18-4-6-25-26(10-18)37-32(36-25)45-17(2)39/h4,6-12,16,23,33,35,38,41,45-46H,5,13-15H2,1-3H3,(H,36,37). The highest BCUT2D eigenvalue weighted by atomic mass is 31.1. The zero-order valence-electron chi connectivity index (χ0n) is 25.6. The molecular weight excluding hydrogens is 622 g/mol. The zero-order valence-corrected chi connectivity index (χ0v) is 27.6. The van der Waals surface area contributed by atoms with Crippen molar-refractivity contribution in [1.29, 1.82) is 0 Å². The molecule has 3 aliphatic heterocycles. The van der Waals surface area contributed by atoms with Gasteiger partial charge < -0.3 is 29.6 Å². The van der Waals surface area contributed by atoms with Gasteiger partial charge in [-0.15, -0.1) is 0 Å². The Bertz CT molecular complexity index is 1920. The number of hydrogen-bond donors (Lipinski definition) is 4. The lowest BCUT2D eigenvalue weighted by molar-refractivity contribution is -0.123. The van der Waals surface area contributed by atoms with Gasteiger partial charge in [-0.1, -0.05) is 12.1 Å². The van der Waals surface area contributed by atoms with Crippen LogP contribution < -0.4 is 25.7 Å². The van der Waals surface area contributed by atoms with Gasteiger partial charge in [-0.05, 0) is 88.7 Å². The van der Waals surface area contributed by atoms with Crippen molar-refractivity contribution in [2.24, 2.45) is 5.92 Å². The summed E-state index contributed by atoms with van der Waals surface area (Å²) in [5.41, 5.74) is 11.0. The minimum Gasteiger partial charge on any atom is -0.488 e. The molecule has 4 aromatic rings. The van der Waals surface area contributed by atoms with Crippen LogP contribution in [0, 0.1) is 5.92 Å². The van der Waals surface area contributed by atoms with Crippen molar-refractivity contribution in [3.8, 4) is 33.8 Å². The van der Waals surface area contributed by atoms with E-state index in [0.29, 0.717) is 24.7 Å². The molecule has 1 saturated carbocycles. The van der Waals surface area contributed by atoms with E-state index in [1.54, 1.807) is 13.8 Å². The first kappa shape index (κ1) is 29.7. The molecule has 3 aromatic carbocycles. The van der Waals surface area contributed by atoms with Gasteiger partial charge in [0.1, 0.15) is 30.3 Å². The fraction of sp³-hybridized carbons (Fsp3) is 0.324. The van der Waals surface area contributed by atoms with Crippen molar-refractivity contribution in [3.05, 3.63) is 65.2 Å². The average molecular weight is 657 g/mol. The molecule has 0 bridgehead atoms. The highest BCUT2D eigenvalue weighted by molar-refractivity contribution is 7.64. The summed E-state index contributed by atoms with van der Waals surface area (Å²) in [5, 5.41) is 16.0. The Morgan fingerprint density at radius 3 is 2.50 bits per heavy atom. The van der Waals surface area contributed by atoms with E-state index in [9.17, 15) is 14.7 Å². The number of hydrogen-bond acceptors (Lipinski definition) is 9. The van der Waals surface area contributed by atoms with Gasteiger partial charge in [-0.3, -0.25) is 14.9 Å². The van der Waals surface area contributed by atoms with E-state index in [4.69, 9.17) is 14.2 Å². The fourth-order valence-electron chi connectivity index (χ4n) is 6.80. The van der Waals surface area contributed by atoms with Gasteiger partial charge in [0.2, 0.25) is 6.41 Å². The second-order valence-electron chi connectivity index (χ2n) is 12.4. The average Bonchev–Trinajstić information content (AvgIpc) is 3.62. The summed E-state index contributed by atoms with van der Waals surface area (Å²) in [4.78, 5) is 32.5. The number of imidazole rings is 1. The predicted octanol–water partition coefficient (Wildman–Crippen LogP) is 4.69. The second-order valence-corrected chi connectivity index (χ2v) is 15.5. The van der Waals surface area contributed by atoms with Crippen molar-refractivity contribution in [1.82, 2.24) is 20.6 Å². The number of aliphatic hydroxyl groups is 1. The van der Waals surface area contributed by atoms with E-state index in [-0.39, 0.29) is 33.5 Å². The summed E-state index contributed by atoms with van der Waals surface area (Å²) in [6.07, 6.45) is 2.92. The van der Waals surface area contributed by atoms with Gasteiger partial charge in [0.05, 0.1) is 22.4 Å². The van der Waals surface area contributed by atoms with Crippen LogP contribution in [0.1, 0.15) is 43.4 Å². The monoisotopic (exact) mass is 656 g/mol. The predicted molar refractivity (Wildman–Crippen MR) is 180 cm³/mol. The number of allylic oxidation sites excluding steroid dienone is 1. The molecule has 1 aromatic heterocycles. The lowest BCUT2D eigenvalue weighted by Crippen LogP contribution is -2.42. The first-order valence-corrected chi connectivity index (χ1v) is 17.3. The van der Waals surface area contributed by atoms with Gasteiger partial charge in [0.15, 0.2) is 11.0 Å². The molecule has 1 fully saturated rings. The molecule has 12 heteroatoms. The summed E-state index contributed by atoms with van der Waals surface area (Å²) >= 11 is 0. The first-order valence-electron chi connectivity index (χ1n) is 15.3. The maximum atomic E-state index is 13.0. The number of benzene rings is 3. The number of methoxy groups -OCH3 is 1. The highest BCUT2D eigenvalue weighted by Crippen LogP contribution is 2.61. The van der Waals surface area contributed by atoms with Gasteiger partial charge in [0.25, 0.3) is 0 Å². The van der Waals surface area contributed by atoms with Crippen LogP contribution in [0.2, 0.25) is 0 Å². The maximum absolute atomic E-state index is 13.0. The van der Waals surface area contributed by atoms with Crippen LogP contribution in [0.3, 0.4) is 0 Å². The van der Waals surface area contributed by atoms with E-state index < -0.39 is 12.5 Å². The number of carbonyl (C=O) groups excluding carboxylic acids is 2. The first-order chi connectivity index (χ1) is 22.2. The minimum absolute atomic E-state index is 0.0178. The van der Waals surface area contributed by atoms with E-state index in [0.717, 1.165) is 80.0 Å². The molecule has 6 atom stereocenters. The van der Waals surface area contributed by atoms with E-state index >= 15 is 0 Å². The molecule has 6 unspecified atom stereocenters. The number of H-pyrrole nitrogens is 1. The molecule has 236 valence electrons. The Morgan fingerprint density at radius 2 is 1.78 bits per heavy atom. The Morgan fingerprint density at radius 1 is 1.07 bits per heavy atom. The molecular formula is C34H34N4O6P2. The quantitative estimate of drug-likeness (QED) is 0.142. The van der Waals surface area contributed by atoms with Crippen molar-refractivity contribution in [2.75, 3.05) is 7.11 Å². The number of aromatic nitrogens is 2. The summed E-state index contributed by atoms with van der Waals surface area (Å²) in [5.74, 6) is 2.11. The summed E-state index contributed by atoms with van der Waals surface area (Å²) in [6, 6.07) is 14.1. The number of nitrogens with zero attached hydrogens (tertiary/aromatic N) is 1. The topological polar surface area (TPSA) is 135 Å². The molecule has 46 heavy (non-hydrogen) atoms. The third-order valence-corrected chi connectivity index (χ3v) is 11.9. The van der Waals surface area contributed by atoms with Crippen LogP contribution in [-0.4, -0.2) is 51.0 Å². The molecule has 0 amide bonds. The number of fused-ring (bicyclic) bond motifs is 2. The number of aromatic amines is 1. The second kappa shape index (κ2) is 11.3. The number of ether oxygens (including phenoxy) is 3. The molecule has 1 aliphatic carbocycles. The number of carbonyl (C=O) groups is 2. The molecule has 4 N–H and O–H groups in total. The molecule has 10 nitrogen and oxygen atoms in total. The van der Waals surface area contributed by atoms with Crippen LogP contribution in [0.25, 0.3) is 39.0 Å². The number of nitrogens with one attached hydrogen (secondary N) is 3. The lowest BCUT2D eigenvalue weighted by Gasteiger charge is -2.32. The van der Waals surface area contributed by atoms with Crippen LogP contribution in [0.15, 0.2) is 48.5 Å². The Hall–Kier alpha value is -3.65. The smallest absolute Gasteiger partial charge is 0.213 e. The van der Waals surface area contributed by atoms with Crippen molar-refractivity contribution >= 4 is 50.5 Å². The lowest BCUT2D eigenvalue weighted by atomic mass is 9.86. The van der Waals surface area contributed by atoms with Gasteiger partial charge in [-0.2, -0.15) is 0 Å². The largest absolute Gasteiger partial charge is 0.488 e. The maximum Gasteiger partial charge on any atom is 0.213 e. The van der Waals surface area contributed by atoms with Gasteiger partial charge >= 0.3 is 0 Å². The van der Waals surface area contributed by atoms with E-state index in [1.807, 2.05) is 12.1 Å². The Balaban J connectivity index is 1.06. The minimum atomic E-state index is -1.17. The molecule has 0 saturated heterocycles. The normalized spacial score (nSPS) is 22.1. The SMILES string of the molecule is COC(O)NC(C)C(=O)PC12CC1CC=C(c1cc3c4c(c1)OCc1cc(-c5ccc6nc(PC(C)=O)[nH]c6c5)cc(c1-4)OC3)N2. The molecule has 8 rings (SSSR count). The summed E-state index contributed by atoms with van der Waals surface area (Å²) in [6.45, 7) is 4.19. The van der Waals surface area contributed by atoms with Crippen LogP contribution in [0.4, 0.5) is 0 Å². The molecule has 4 heterocycles. The number of rotatable bonds is 10. The molecule has 0 radical (unpaired) electrons. The number of aliphatic hydroxyl groups excluding tert-OH is 1. The van der Waals surface area contributed by atoms with Gasteiger partial charge in [0, 0.05) is 49.2 Å². The van der Waals surface area contributed by atoms with Crippen molar-refractivity contribution < 1.29 is 28.9 Å². The van der Waals surface area contributed by atoms with Crippen LogP contribution in [0.5, 0.6) is 11.5 Å². The highest BCUT2D eigenvalue weighted by Gasteiger charge is 2.57. The Kier molecular flexibility index (Phi) is 7.27. The van der Waals surface area contributed by atoms with E-state index in [2.05, 4.69) is 57.0 Å². The molecule has 4 aliphatic rings. The van der Waals surface area contributed by atoms with Crippen LogP contribution >= 0.6 is 17.2 Å².